The van der Waals surface area contributed by atoms with Crippen molar-refractivity contribution in [3.63, 3.8) is 0 Å². The molecule has 0 aliphatic heterocycles. The topological polar surface area (TPSA) is 12.4 Å². The van der Waals surface area contributed by atoms with Crippen LogP contribution in [-0.4, -0.2) is 6.21 Å². The summed E-state index contributed by atoms with van der Waals surface area (Å²) in [6.07, 6.45) is 6.32. The number of allylic oxidation sites excluding steroid dienone is 2. The Bertz CT molecular complexity index is 112. The Morgan fingerprint density at radius 3 is 1.92 bits per heavy atom. The summed E-state index contributed by atoms with van der Waals surface area (Å²) in [5.41, 5.74) is 1.12. The van der Waals surface area contributed by atoms with E-state index >= 15 is 0 Å². The first-order valence-electron chi connectivity index (χ1n) is 5.46. The third-order valence-corrected chi connectivity index (χ3v) is 1.06. The molecule has 0 unspecified atom stereocenters. The Labute approximate surface area is 85.0 Å². The van der Waals surface area contributed by atoms with Crippen molar-refractivity contribution in [2.24, 2.45) is 4.99 Å². The summed E-state index contributed by atoms with van der Waals surface area (Å²) >= 11 is 0. The first-order valence-corrected chi connectivity index (χ1v) is 5.46. The van der Waals surface area contributed by atoms with Gasteiger partial charge in [0.1, 0.15) is 0 Å². The second kappa shape index (κ2) is 22.5. The maximum Gasteiger partial charge on any atom is 0.0328 e. The number of hydrogen-bond donors (Lipinski definition) is 0. The maximum absolute atomic E-state index is 4.10. The summed E-state index contributed by atoms with van der Waals surface area (Å²) < 4.78 is 0. The van der Waals surface area contributed by atoms with Gasteiger partial charge in [0.05, 0.1) is 0 Å². The van der Waals surface area contributed by atoms with Crippen LogP contribution < -0.4 is 0 Å². The molecular weight excluding hydrogens is 158 g/mol. The fraction of sp³-hybridized carbons (Fsp3) is 0.750. The molecule has 0 rings (SSSR count). The monoisotopic (exact) mass is 185 g/mol. The van der Waals surface area contributed by atoms with Crippen molar-refractivity contribution in [3.05, 3.63) is 11.8 Å². The fourth-order valence-electron chi connectivity index (χ4n) is 0.610. The third kappa shape index (κ3) is 24.6. The van der Waals surface area contributed by atoms with Gasteiger partial charge in [0.15, 0.2) is 0 Å². The van der Waals surface area contributed by atoms with E-state index in [1.54, 1.807) is 0 Å². The van der Waals surface area contributed by atoms with Crippen molar-refractivity contribution >= 4 is 6.21 Å². The molecule has 0 saturated heterocycles. The van der Waals surface area contributed by atoms with E-state index in [0.717, 1.165) is 12.1 Å². The predicted molar refractivity (Wildman–Crippen MR) is 65.5 cm³/mol. The van der Waals surface area contributed by atoms with Gasteiger partial charge in [0.25, 0.3) is 0 Å². The molecule has 0 heterocycles. The Morgan fingerprint density at radius 2 is 1.62 bits per heavy atom. The largest absolute Gasteiger partial charge is 0.267 e. The molecule has 0 aromatic carbocycles. The Kier molecular flexibility index (Phi) is 31.6. The molecule has 0 amide bonds. The van der Waals surface area contributed by atoms with Gasteiger partial charge in [-0.1, -0.05) is 47.1 Å². The van der Waals surface area contributed by atoms with E-state index in [4.69, 9.17) is 0 Å². The number of hydrogen-bond acceptors (Lipinski definition) is 1. The smallest absolute Gasteiger partial charge is 0.0328 e. The quantitative estimate of drug-likeness (QED) is 0.558. The highest BCUT2D eigenvalue weighted by Crippen LogP contribution is 1.97. The molecule has 0 fully saturated rings. The molecule has 0 spiro atoms. The van der Waals surface area contributed by atoms with Crippen LogP contribution in [0.4, 0.5) is 0 Å². The van der Waals surface area contributed by atoms with Gasteiger partial charge in [-0.3, -0.25) is 4.99 Å². The van der Waals surface area contributed by atoms with Gasteiger partial charge < -0.3 is 0 Å². The zero-order valence-electron chi connectivity index (χ0n) is 10.5. The van der Waals surface area contributed by atoms with Gasteiger partial charge in [-0.2, -0.15) is 0 Å². The molecule has 0 radical (unpaired) electrons. The fourth-order valence-corrected chi connectivity index (χ4v) is 0.610. The van der Waals surface area contributed by atoms with Gasteiger partial charge in [-0.05, 0) is 20.3 Å². The molecule has 0 bridgehead atoms. The highest BCUT2D eigenvalue weighted by Gasteiger charge is 1.78. The van der Waals surface area contributed by atoms with E-state index in [1.165, 1.54) is 6.42 Å². The lowest BCUT2D eigenvalue weighted by atomic mass is 10.3. The Hall–Kier alpha value is -0.590. The zero-order valence-corrected chi connectivity index (χ0v) is 10.5. The summed E-state index contributed by atoms with van der Waals surface area (Å²) in [5, 5.41) is 0. The van der Waals surface area contributed by atoms with E-state index in [-0.39, 0.29) is 0 Å². The number of rotatable bonds is 3. The Morgan fingerprint density at radius 1 is 1.15 bits per heavy atom. The molecule has 0 atom stereocenters. The van der Waals surface area contributed by atoms with Crippen molar-refractivity contribution in [1.82, 2.24) is 0 Å². The van der Waals surface area contributed by atoms with Crippen LogP contribution in [0, 0.1) is 0 Å². The molecule has 0 aromatic rings. The molecule has 80 valence electrons. The van der Waals surface area contributed by atoms with Crippen molar-refractivity contribution in [3.8, 4) is 0 Å². The molecule has 0 aliphatic rings. The number of nitrogens with zero attached hydrogens (tertiary/aromatic N) is 1. The second-order valence-corrected chi connectivity index (χ2v) is 2.02. The normalized spacial score (nSPS) is 9.92. The maximum atomic E-state index is 4.10. The summed E-state index contributed by atoms with van der Waals surface area (Å²) in [6.45, 7) is 14.1. The van der Waals surface area contributed by atoms with Gasteiger partial charge in [0.2, 0.25) is 0 Å². The van der Waals surface area contributed by atoms with Gasteiger partial charge in [0, 0.05) is 11.9 Å². The summed E-state index contributed by atoms with van der Waals surface area (Å²) in [5.74, 6) is 0. The number of unbranched alkanes of at least 4 members (excludes halogenated alkanes) is 1. The first kappa shape index (κ1) is 18.2. The van der Waals surface area contributed by atoms with Crippen LogP contribution in [0.5, 0.6) is 0 Å². The van der Waals surface area contributed by atoms with Crippen molar-refractivity contribution in [2.75, 3.05) is 0 Å². The lowest BCUT2D eigenvalue weighted by molar-refractivity contribution is 0.946. The molecule has 13 heavy (non-hydrogen) atoms. The van der Waals surface area contributed by atoms with E-state index in [2.05, 4.69) is 18.0 Å². The molecular formula is C12H27N. The second-order valence-electron chi connectivity index (χ2n) is 2.02. The van der Waals surface area contributed by atoms with Crippen molar-refractivity contribution < 1.29 is 0 Å². The highest BCUT2D eigenvalue weighted by atomic mass is 14.7. The lowest BCUT2D eigenvalue weighted by Crippen LogP contribution is -1.70. The zero-order chi connectivity index (χ0) is 11.1. The van der Waals surface area contributed by atoms with Crippen molar-refractivity contribution in [2.45, 2.75) is 61.3 Å². The summed E-state index contributed by atoms with van der Waals surface area (Å²) in [7, 11) is 0. The van der Waals surface area contributed by atoms with E-state index in [0.29, 0.717) is 0 Å². The standard InChI is InChI=1S/C8H15N.2C2H6/c1-4-6-7-8(3)9-5-2;2*1-2/h5,7H,4,6H2,1-3H3;2*1-2H3/b8-7-,9-5?;;. The molecule has 1 nitrogen and oxygen atoms in total. The average Bonchev–Trinajstić information content (AvgIpc) is 2.21. The highest BCUT2D eigenvalue weighted by molar-refractivity contribution is 5.55. The molecule has 0 aromatic heterocycles. The van der Waals surface area contributed by atoms with E-state index in [9.17, 15) is 0 Å². The van der Waals surface area contributed by atoms with Crippen LogP contribution in [0.25, 0.3) is 0 Å². The van der Waals surface area contributed by atoms with Crippen LogP contribution >= 0.6 is 0 Å². The van der Waals surface area contributed by atoms with Gasteiger partial charge >= 0.3 is 0 Å². The minimum Gasteiger partial charge on any atom is -0.267 e. The van der Waals surface area contributed by atoms with Crippen LogP contribution in [-0.2, 0) is 0 Å². The van der Waals surface area contributed by atoms with E-state index < -0.39 is 0 Å². The van der Waals surface area contributed by atoms with Crippen LogP contribution in [0.2, 0.25) is 0 Å². The minimum atomic E-state index is 1.12. The third-order valence-electron chi connectivity index (χ3n) is 1.06. The van der Waals surface area contributed by atoms with Crippen molar-refractivity contribution in [1.29, 1.82) is 0 Å². The predicted octanol–water partition coefficient (Wildman–Crippen LogP) is 4.83. The van der Waals surface area contributed by atoms with Gasteiger partial charge in [-0.15, -0.1) is 0 Å². The first-order chi connectivity index (χ1) is 6.31. The van der Waals surface area contributed by atoms with E-state index in [1.807, 2.05) is 47.8 Å². The Balaban J connectivity index is -0.000000218. The summed E-state index contributed by atoms with van der Waals surface area (Å²) in [4.78, 5) is 4.10. The SMILES string of the molecule is CC.CC.CC=N/C(C)=C\CCC. The van der Waals surface area contributed by atoms with Crippen LogP contribution in [0.1, 0.15) is 61.3 Å². The van der Waals surface area contributed by atoms with Crippen LogP contribution in [0.15, 0.2) is 16.8 Å². The van der Waals surface area contributed by atoms with Crippen LogP contribution in [0.3, 0.4) is 0 Å². The average molecular weight is 185 g/mol. The molecule has 0 saturated carbocycles. The summed E-state index contributed by atoms with van der Waals surface area (Å²) in [6, 6.07) is 0. The minimum absolute atomic E-state index is 1.12. The molecule has 0 aliphatic carbocycles. The molecule has 0 N–H and O–H groups in total. The molecule has 1 heteroatoms. The lowest BCUT2D eigenvalue weighted by Gasteiger charge is -1.88. The number of aliphatic imine (C=N–C) groups is 1. The van der Waals surface area contributed by atoms with Gasteiger partial charge in [-0.25, -0.2) is 0 Å².